The standard InChI is InChI=1S/C23H25N3O6S/c27-22(28)12-17-11-19-13-20(5-6-21(19)32-15-17)25-23(29)18-3-1-16(2-4-18)14-24-26-7-9-33(30,31)10-8-26/h1-6,13-14,17H,7-12,15H2,(H,25,29)(H,27,28). The van der Waals surface area contributed by atoms with Gasteiger partial charge in [0.2, 0.25) is 0 Å². The second-order valence-electron chi connectivity index (χ2n) is 8.23. The van der Waals surface area contributed by atoms with E-state index in [0.717, 1.165) is 11.1 Å². The minimum Gasteiger partial charge on any atom is -0.493 e. The first-order chi connectivity index (χ1) is 15.8. The van der Waals surface area contributed by atoms with Crippen molar-refractivity contribution in [1.82, 2.24) is 5.01 Å². The number of carboxylic acid groups (broad SMARTS) is 1. The summed E-state index contributed by atoms with van der Waals surface area (Å²) >= 11 is 0. The van der Waals surface area contributed by atoms with Crippen molar-refractivity contribution >= 4 is 33.6 Å². The van der Waals surface area contributed by atoms with Gasteiger partial charge in [-0.25, -0.2) is 8.42 Å². The highest BCUT2D eigenvalue weighted by molar-refractivity contribution is 7.91. The first-order valence-corrected chi connectivity index (χ1v) is 12.5. The van der Waals surface area contributed by atoms with Gasteiger partial charge in [0.1, 0.15) is 5.75 Å². The fourth-order valence-electron chi connectivity index (χ4n) is 3.80. The van der Waals surface area contributed by atoms with Crippen molar-refractivity contribution in [1.29, 1.82) is 0 Å². The Hall–Kier alpha value is -3.40. The van der Waals surface area contributed by atoms with Gasteiger partial charge in [-0.2, -0.15) is 5.10 Å². The predicted molar refractivity (Wildman–Crippen MR) is 124 cm³/mol. The van der Waals surface area contributed by atoms with Crippen LogP contribution in [0.1, 0.15) is 27.9 Å². The molecule has 1 atom stereocenters. The van der Waals surface area contributed by atoms with E-state index in [1.807, 2.05) is 6.07 Å². The van der Waals surface area contributed by atoms with Crippen LogP contribution < -0.4 is 10.1 Å². The van der Waals surface area contributed by atoms with E-state index in [2.05, 4.69) is 10.4 Å². The van der Waals surface area contributed by atoms with Gasteiger partial charge in [-0.05, 0) is 47.9 Å². The number of carbonyl (C=O) groups is 2. The van der Waals surface area contributed by atoms with Crippen molar-refractivity contribution in [2.45, 2.75) is 12.8 Å². The summed E-state index contributed by atoms with van der Waals surface area (Å²) in [6.07, 6.45) is 2.28. The molecular formula is C23H25N3O6S. The molecule has 0 aromatic heterocycles. The third-order valence-electron chi connectivity index (χ3n) is 5.63. The van der Waals surface area contributed by atoms with Gasteiger partial charge in [-0.3, -0.25) is 14.6 Å². The molecule has 1 unspecified atom stereocenters. The Kier molecular flexibility index (Phi) is 6.64. The second kappa shape index (κ2) is 9.62. The highest BCUT2D eigenvalue weighted by Crippen LogP contribution is 2.31. The molecule has 0 saturated carbocycles. The predicted octanol–water partition coefficient (Wildman–Crippen LogP) is 2.03. The fraction of sp³-hybridized carbons (Fsp3) is 0.348. The number of hydrogen-bond donors (Lipinski definition) is 2. The van der Waals surface area contributed by atoms with Crippen LogP contribution in [0.2, 0.25) is 0 Å². The minimum atomic E-state index is -2.94. The van der Waals surface area contributed by atoms with Crippen molar-refractivity contribution < 1.29 is 27.9 Å². The van der Waals surface area contributed by atoms with Crippen LogP contribution in [0.3, 0.4) is 0 Å². The monoisotopic (exact) mass is 471 g/mol. The molecule has 0 bridgehead atoms. The summed E-state index contributed by atoms with van der Waals surface area (Å²) in [5, 5.41) is 17.9. The van der Waals surface area contributed by atoms with Gasteiger partial charge < -0.3 is 15.2 Å². The van der Waals surface area contributed by atoms with Crippen molar-refractivity contribution in [3.05, 3.63) is 59.2 Å². The van der Waals surface area contributed by atoms with Crippen molar-refractivity contribution in [3.63, 3.8) is 0 Å². The van der Waals surface area contributed by atoms with Gasteiger partial charge in [0.15, 0.2) is 9.84 Å². The number of aliphatic carboxylic acids is 1. The summed E-state index contributed by atoms with van der Waals surface area (Å²) in [5.41, 5.74) is 2.77. The Labute approximate surface area is 192 Å². The number of carbonyl (C=O) groups excluding carboxylic acids is 1. The molecule has 33 heavy (non-hydrogen) atoms. The molecule has 4 rings (SSSR count). The number of ether oxygens (including phenoxy) is 1. The number of fused-ring (bicyclic) bond motifs is 1. The number of nitrogens with one attached hydrogen (secondary N) is 1. The van der Waals surface area contributed by atoms with Crippen LogP contribution in [-0.2, 0) is 21.1 Å². The molecule has 2 aromatic carbocycles. The molecule has 10 heteroatoms. The van der Waals surface area contributed by atoms with Gasteiger partial charge in [-0.15, -0.1) is 0 Å². The number of hydrazone groups is 1. The molecular weight excluding hydrogens is 446 g/mol. The number of carboxylic acids is 1. The number of sulfone groups is 1. The third-order valence-corrected chi connectivity index (χ3v) is 7.24. The molecule has 0 spiro atoms. The maximum Gasteiger partial charge on any atom is 0.303 e. The van der Waals surface area contributed by atoms with E-state index in [9.17, 15) is 18.0 Å². The van der Waals surface area contributed by atoms with Crippen LogP contribution in [-0.4, -0.2) is 67.8 Å². The summed E-state index contributed by atoms with van der Waals surface area (Å²) < 4.78 is 28.6. The number of amides is 1. The third kappa shape index (κ3) is 6.10. The Bertz CT molecular complexity index is 1160. The number of benzene rings is 2. The van der Waals surface area contributed by atoms with Crippen LogP contribution in [0.5, 0.6) is 5.75 Å². The van der Waals surface area contributed by atoms with Crippen molar-refractivity contribution in [2.75, 3.05) is 36.5 Å². The van der Waals surface area contributed by atoms with E-state index in [1.165, 1.54) is 0 Å². The minimum absolute atomic E-state index is 0.0442. The zero-order valence-electron chi connectivity index (χ0n) is 17.9. The molecule has 1 amide bonds. The van der Waals surface area contributed by atoms with Gasteiger partial charge in [0.25, 0.3) is 5.91 Å². The molecule has 0 aliphatic carbocycles. The molecule has 2 aliphatic rings. The lowest BCUT2D eigenvalue weighted by Crippen LogP contribution is -2.37. The maximum absolute atomic E-state index is 12.7. The van der Waals surface area contributed by atoms with E-state index in [0.29, 0.717) is 43.1 Å². The van der Waals surface area contributed by atoms with Crippen LogP contribution in [0.4, 0.5) is 5.69 Å². The molecule has 2 N–H and O–H groups in total. The van der Waals surface area contributed by atoms with E-state index in [-0.39, 0.29) is 29.8 Å². The van der Waals surface area contributed by atoms with E-state index in [1.54, 1.807) is 47.6 Å². The van der Waals surface area contributed by atoms with Crippen LogP contribution >= 0.6 is 0 Å². The summed E-state index contributed by atoms with van der Waals surface area (Å²) in [4.78, 5) is 23.6. The van der Waals surface area contributed by atoms with Crippen LogP contribution in [0.15, 0.2) is 47.6 Å². The summed E-state index contributed by atoms with van der Waals surface area (Å²) in [5.74, 6) is -0.279. The summed E-state index contributed by atoms with van der Waals surface area (Å²) in [7, 11) is -2.94. The van der Waals surface area contributed by atoms with E-state index >= 15 is 0 Å². The maximum atomic E-state index is 12.7. The lowest BCUT2D eigenvalue weighted by molar-refractivity contribution is -0.138. The second-order valence-corrected chi connectivity index (χ2v) is 10.5. The molecule has 9 nitrogen and oxygen atoms in total. The zero-order valence-corrected chi connectivity index (χ0v) is 18.8. The molecule has 174 valence electrons. The van der Waals surface area contributed by atoms with E-state index < -0.39 is 15.8 Å². The molecule has 2 aromatic rings. The largest absolute Gasteiger partial charge is 0.493 e. The fourth-order valence-corrected chi connectivity index (χ4v) is 4.99. The molecule has 0 radical (unpaired) electrons. The van der Waals surface area contributed by atoms with Crippen LogP contribution in [0, 0.1) is 5.92 Å². The first kappa shape index (κ1) is 22.8. The van der Waals surface area contributed by atoms with Crippen LogP contribution in [0.25, 0.3) is 0 Å². The number of anilines is 1. The van der Waals surface area contributed by atoms with E-state index in [4.69, 9.17) is 9.84 Å². The van der Waals surface area contributed by atoms with Gasteiger partial charge in [-0.1, -0.05) is 12.1 Å². The molecule has 2 heterocycles. The quantitative estimate of drug-likeness (QED) is 0.618. The van der Waals surface area contributed by atoms with Crippen molar-refractivity contribution in [3.8, 4) is 5.75 Å². The highest BCUT2D eigenvalue weighted by atomic mass is 32.2. The smallest absolute Gasteiger partial charge is 0.303 e. The zero-order chi connectivity index (χ0) is 23.4. The number of rotatable bonds is 6. The van der Waals surface area contributed by atoms with Gasteiger partial charge in [0, 0.05) is 17.2 Å². The SMILES string of the molecule is O=C(O)CC1COc2ccc(NC(=O)c3ccc(C=NN4CCS(=O)(=O)CC4)cc3)cc2C1. The highest BCUT2D eigenvalue weighted by Gasteiger charge is 2.23. The average molecular weight is 472 g/mol. The van der Waals surface area contributed by atoms with Gasteiger partial charge >= 0.3 is 5.97 Å². The molecule has 1 fully saturated rings. The lowest BCUT2D eigenvalue weighted by Gasteiger charge is -2.24. The Balaban J connectivity index is 1.35. The van der Waals surface area contributed by atoms with Gasteiger partial charge in [0.05, 0.1) is 43.8 Å². The first-order valence-electron chi connectivity index (χ1n) is 10.7. The van der Waals surface area contributed by atoms with Crippen molar-refractivity contribution in [2.24, 2.45) is 11.0 Å². The average Bonchev–Trinajstić information content (AvgIpc) is 2.78. The molecule has 2 aliphatic heterocycles. The Morgan fingerprint density at radius 2 is 1.88 bits per heavy atom. The topological polar surface area (TPSA) is 125 Å². The lowest BCUT2D eigenvalue weighted by atomic mass is 9.94. The summed E-state index contributed by atoms with van der Waals surface area (Å²) in [6.45, 7) is 1.13. The summed E-state index contributed by atoms with van der Waals surface area (Å²) in [6, 6.07) is 12.3. The normalized spacial score (nSPS) is 19.5. The Morgan fingerprint density at radius 3 is 2.58 bits per heavy atom. The number of hydrogen-bond acceptors (Lipinski definition) is 7. The number of nitrogens with zero attached hydrogens (tertiary/aromatic N) is 2. The molecule has 1 saturated heterocycles. The Morgan fingerprint density at radius 1 is 1.15 bits per heavy atom.